The van der Waals surface area contributed by atoms with Crippen LogP contribution in [-0.2, 0) is 0 Å². The van der Waals surface area contributed by atoms with Gasteiger partial charge in [-0.25, -0.2) is 27.5 Å². The van der Waals surface area contributed by atoms with Crippen LogP contribution in [0, 0.1) is 37.1 Å². The first-order valence-corrected chi connectivity index (χ1v) is 8.82. The summed E-state index contributed by atoms with van der Waals surface area (Å²) in [5.74, 6) is -2.42. The van der Waals surface area contributed by atoms with Crippen LogP contribution < -0.4 is 0 Å². The van der Waals surface area contributed by atoms with Gasteiger partial charge in [-0.15, -0.1) is 0 Å². The Kier molecular flexibility index (Phi) is 6.05. The summed E-state index contributed by atoms with van der Waals surface area (Å²) in [5, 5.41) is 3.46. The maximum atomic E-state index is 13.5. The molecule has 152 valence electrons. The third-order valence-electron chi connectivity index (χ3n) is 4.06. The smallest absolute Gasteiger partial charge is 0.149 e. The molecule has 2 aromatic heterocycles. The van der Waals surface area contributed by atoms with Crippen molar-refractivity contribution in [3.63, 3.8) is 0 Å². The van der Waals surface area contributed by atoms with Gasteiger partial charge in [0.25, 0.3) is 0 Å². The van der Waals surface area contributed by atoms with Crippen LogP contribution in [0.3, 0.4) is 0 Å². The van der Waals surface area contributed by atoms with E-state index in [1.165, 1.54) is 12.1 Å². The highest BCUT2D eigenvalue weighted by Crippen LogP contribution is 2.30. The summed E-state index contributed by atoms with van der Waals surface area (Å²) in [7, 11) is 0. The maximum absolute atomic E-state index is 13.5. The molecule has 0 unspecified atom stereocenters. The van der Waals surface area contributed by atoms with Crippen LogP contribution in [0.4, 0.5) is 23.2 Å². The predicted molar refractivity (Wildman–Crippen MR) is 107 cm³/mol. The van der Waals surface area contributed by atoms with Gasteiger partial charge in [-0.05, 0) is 55.8 Å². The zero-order valence-electron chi connectivity index (χ0n) is 15.6. The maximum Gasteiger partial charge on any atom is 0.149 e. The second-order valence-electron chi connectivity index (χ2n) is 6.22. The highest BCUT2D eigenvalue weighted by Gasteiger charge is 2.12. The van der Waals surface area contributed by atoms with Gasteiger partial charge in [0.1, 0.15) is 34.3 Å². The zero-order valence-corrected chi connectivity index (χ0v) is 16.3. The van der Waals surface area contributed by atoms with E-state index in [0.29, 0.717) is 11.4 Å². The lowest BCUT2D eigenvalue weighted by Gasteiger charge is -2.04. The van der Waals surface area contributed by atoms with Crippen molar-refractivity contribution in [1.82, 2.24) is 9.97 Å². The number of aromatic nitrogens is 2. The molecule has 0 aliphatic carbocycles. The molecule has 5 nitrogen and oxygen atoms in total. The lowest BCUT2D eigenvalue weighted by molar-refractivity contribution is 0.615. The number of hydrogen-bond donors (Lipinski definition) is 0. The number of hydrogen-bond acceptors (Lipinski definition) is 3. The minimum absolute atomic E-state index is 0.0185. The monoisotopic (exact) mass is 433 g/mol. The molecule has 0 amide bonds. The van der Waals surface area contributed by atoms with Crippen LogP contribution >= 0.6 is 11.6 Å². The van der Waals surface area contributed by atoms with E-state index in [1.54, 1.807) is 13.8 Å². The van der Waals surface area contributed by atoms with Crippen molar-refractivity contribution in [2.45, 2.75) is 13.8 Å². The van der Waals surface area contributed by atoms with Gasteiger partial charge in [-0.2, -0.15) is 0 Å². The van der Waals surface area contributed by atoms with E-state index in [0.717, 1.165) is 24.3 Å². The highest BCUT2D eigenvalue weighted by atomic mass is 35.5. The Morgan fingerprint density at radius 2 is 1.27 bits per heavy atom. The number of azide groups is 1. The Hall–Kier alpha value is -3.42. The predicted octanol–water partition coefficient (Wildman–Crippen LogP) is 7.24. The van der Waals surface area contributed by atoms with Crippen LogP contribution in [0.2, 0.25) is 5.02 Å². The lowest BCUT2D eigenvalue weighted by atomic mass is 10.1. The van der Waals surface area contributed by atoms with Crippen molar-refractivity contribution in [1.29, 1.82) is 0 Å². The van der Waals surface area contributed by atoms with Gasteiger partial charge in [0.15, 0.2) is 0 Å². The second kappa shape index (κ2) is 8.52. The number of rotatable bonds is 1. The third kappa shape index (κ3) is 4.12. The molecule has 2 heterocycles. The van der Waals surface area contributed by atoms with Gasteiger partial charge >= 0.3 is 0 Å². The molecule has 10 heteroatoms. The van der Waals surface area contributed by atoms with Gasteiger partial charge < -0.3 is 0 Å². The summed E-state index contributed by atoms with van der Waals surface area (Å²) in [6.45, 7) is 3.29. The Bertz CT molecular complexity index is 1340. The molecule has 0 saturated carbocycles. The van der Waals surface area contributed by atoms with Crippen molar-refractivity contribution in [2.75, 3.05) is 0 Å². The number of aryl methyl sites for hydroxylation is 2. The van der Waals surface area contributed by atoms with Crippen LogP contribution in [-0.4, -0.2) is 9.97 Å². The molecule has 0 N–H and O–H groups in total. The summed E-state index contributed by atoms with van der Waals surface area (Å²) in [6.07, 6.45) is 0. The summed E-state index contributed by atoms with van der Waals surface area (Å²) in [6, 6.07) is 6.97. The first-order valence-electron chi connectivity index (χ1n) is 8.44. The Balaban J connectivity index is 0.000000172. The Morgan fingerprint density at radius 3 is 1.83 bits per heavy atom. The summed E-state index contributed by atoms with van der Waals surface area (Å²) >= 11 is 5.79. The van der Waals surface area contributed by atoms with Crippen LogP contribution in [0.15, 0.2) is 41.5 Å². The molecule has 0 radical (unpaired) electrons. The van der Waals surface area contributed by atoms with Crippen molar-refractivity contribution < 1.29 is 17.6 Å². The van der Waals surface area contributed by atoms with Crippen molar-refractivity contribution in [3.8, 4) is 0 Å². The molecule has 0 aliphatic heterocycles. The summed E-state index contributed by atoms with van der Waals surface area (Å²) in [5.41, 5.74) is 9.27. The van der Waals surface area contributed by atoms with E-state index < -0.39 is 23.3 Å². The van der Waals surface area contributed by atoms with Crippen LogP contribution in [0.25, 0.3) is 32.2 Å². The van der Waals surface area contributed by atoms with E-state index in [-0.39, 0.29) is 32.5 Å². The normalized spacial score (nSPS) is 10.5. The SMILES string of the molecule is Cc1cc(Cl)c2c(F)ccc(F)c2n1.Cc1cc(N=[N+]=[N-])c2c(F)ccc(F)c2n1. The van der Waals surface area contributed by atoms with Gasteiger partial charge in [0.05, 0.1) is 16.1 Å². The lowest BCUT2D eigenvalue weighted by Crippen LogP contribution is -1.91. The molecular formula is C20H12ClF4N5. The van der Waals surface area contributed by atoms with E-state index >= 15 is 0 Å². The fourth-order valence-electron chi connectivity index (χ4n) is 2.84. The molecule has 0 fully saturated rings. The van der Waals surface area contributed by atoms with Gasteiger partial charge in [0, 0.05) is 21.7 Å². The fourth-order valence-corrected chi connectivity index (χ4v) is 3.18. The second-order valence-corrected chi connectivity index (χ2v) is 6.63. The Labute approximate surface area is 172 Å². The summed E-state index contributed by atoms with van der Waals surface area (Å²) in [4.78, 5) is 10.4. The number of nitrogens with zero attached hydrogens (tertiary/aromatic N) is 5. The number of halogens is 5. The van der Waals surface area contributed by atoms with Crippen LogP contribution in [0.5, 0.6) is 0 Å². The van der Waals surface area contributed by atoms with Gasteiger partial charge in [-0.1, -0.05) is 16.7 Å². The van der Waals surface area contributed by atoms with Crippen molar-refractivity contribution in [3.05, 3.63) is 86.5 Å². The average Bonchev–Trinajstić information content (AvgIpc) is 2.68. The minimum atomic E-state index is -0.661. The van der Waals surface area contributed by atoms with Gasteiger partial charge in [-0.3, -0.25) is 0 Å². The molecule has 0 aliphatic rings. The van der Waals surface area contributed by atoms with E-state index in [9.17, 15) is 17.6 Å². The molecule has 2 aromatic carbocycles. The van der Waals surface area contributed by atoms with E-state index in [4.69, 9.17) is 17.1 Å². The molecule has 4 rings (SSSR count). The molecule has 0 saturated heterocycles. The standard InChI is InChI=1S/C10H6ClF2N.C10H6F2N4/c1-5-4-6(11)9-7(12)2-3-8(13)10(9)14-5;1-5-4-8(15-16-13)9-6(11)2-3-7(12)10(9)14-5/h2-4H,1H3;2-4H,1H3. The zero-order chi connectivity index (χ0) is 22.0. The quantitative estimate of drug-likeness (QED) is 0.137. The van der Waals surface area contributed by atoms with E-state index in [1.807, 2.05) is 0 Å². The number of benzene rings is 2. The average molecular weight is 434 g/mol. The van der Waals surface area contributed by atoms with E-state index in [2.05, 4.69) is 20.0 Å². The number of pyridine rings is 2. The minimum Gasteiger partial charge on any atom is -0.250 e. The molecular weight excluding hydrogens is 422 g/mol. The number of fused-ring (bicyclic) bond motifs is 2. The topological polar surface area (TPSA) is 74.5 Å². The first-order chi connectivity index (χ1) is 14.2. The molecule has 30 heavy (non-hydrogen) atoms. The molecule has 0 atom stereocenters. The highest BCUT2D eigenvalue weighted by molar-refractivity contribution is 6.35. The Morgan fingerprint density at radius 1 is 0.800 bits per heavy atom. The van der Waals surface area contributed by atoms with Gasteiger partial charge in [0.2, 0.25) is 0 Å². The molecule has 4 aromatic rings. The third-order valence-corrected chi connectivity index (χ3v) is 4.36. The molecule has 0 spiro atoms. The first kappa shape index (κ1) is 21.3. The fraction of sp³-hybridized carbons (Fsp3) is 0.100. The molecule has 0 bridgehead atoms. The van der Waals surface area contributed by atoms with Crippen molar-refractivity contribution >= 4 is 39.1 Å². The largest absolute Gasteiger partial charge is 0.250 e. The van der Waals surface area contributed by atoms with Crippen LogP contribution in [0.1, 0.15) is 11.4 Å². The van der Waals surface area contributed by atoms with Crippen molar-refractivity contribution in [2.24, 2.45) is 5.11 Å². The summed E-state index contributed by atoms with van der Waals surface area (Å²) < 4.78 is 53.4.